The zero-order chi connectivity index (χ0) is 12.7. The molecular formula is C12H18N4O2. The van der Waals surface area contributed by atoms with Crippen molar-refractivity contribution >= 4 is 5.97 Å². The zero-order valence-corrected chi connectivity index (χ0v) is 10.5. The summed E-state index contributed by atoms with van der Waals surface area (Å²) in [5.74, 6) is 0.184. The smallest absolute Gasteiger partial charge is 0.314 e. The van der Waals surface area contributed by atoms with E-state index in [9.17, 15) is 9.90 Å². The van der Waals surface area contributed by atoms with E-state index in [1.54, 1.807) is 4.68 Å². The highest BCUT2D eigenvalue weighted by Crippen LogP contribution is 2.31. The highest BCUT2D eigenvalue weighted by molar-refractivity contribution is 5.75. The maximum Gasteiger partial charge on any atom is 0.314 e. The minimum atomic E-state index is -0.783. The summed E-state index contributed by atoms with van der Waals surface area (Å²) in [5.41, 5.74) is 0. The lowest BCUT2D eigenvalue weighted by Gasteiger charge is -2.17. The van der Waals surface area contributed by atoms with E-state index in [0.717, 1.165) is 38.2 Å². The van der Waals surface area contributed by atoms with Crippen molar-refractivity contribution in [3.8, 4) is 0 Å². The third kappa shape index (κ3) is 1.80. The van der Waals surface area contributed by atoms with Gasteiger partial charge < -0.3 is 5.11 Å². The van der Waals surface area contributed by atoms with E-state index in [2.05, 4.69) is 22.0 Å². The van der Waals surface area contributed by atoms with Crippen molar-refractivity contribution < 1.29 is 9.90 Å². The summed E-state index contributed by atoms with van der Waals surface area (Å²) in [4.78, 5) is 18.0. The topological polar surface area (TPSA) is 71.2 Å². The molecule has 0 aliphatic carbocycles. The van der Waals surface area contributed by atoms with Gasteiger partial charge in [-0.15, -0.1) is 0 Å². The van der Waals surface area contributed by atoms with Crippen LogP contribution in [-0.2, 0) is 11.3 Å². The number of carboxylic acids is 1. The maximum absolute atomic E-state index is 11.2. The first-order valence-electron chi connectivity index (χ1n) is 6.54. The molecule has 0 saturated carbocycles. The Kier molecular flexibility index (Phi) is 2.81. The second-order valence-electron chi connectivity index (χ2n) is 5.22. The molecule has 2 atom stereocenters. The molecule has 6 nitrogen and oxygen atoms in total. The number of fused-ring (bicyclic) bond motifs is 1. The molecule has 1 fully saturated rings. The molecule has 0 amide bonds. The van der Waals surface area contributed by atoms with Gasteiger partial charge in [-0.3, -0.25) is 9.69 Å². The SMILES string of the molecule is CN1CCCC1c1nc2n(n1)CCCC2C(=O)O. The normalized spacial score (nSPS) is 28.3. The molecule has 2 aliphatic rings. The largest absolute Gasteiger partial charge is 0.481 e. The van der Waals surface area contributed by atoms with Crippen LogP contribution in [0.4, 0.5) is 0 Å². The molecule has 3 heterocycles. The van der Waals surface area contributed by atoms with Crippen LogP contribution < -0.4 is 0 Å². The number of carbonyl (C=O) groups is 1. The van der Waals surface area contributed by atoms with Crippen LogP contribution >= 0.6 is 0 Å². The van der Waals surface area contributed by atoms with Crippen molar-refractivity contribution in [3.05, 3.63) is 11.6 Å². The Morgan fingerprint density at radius 1 is 1.33 bits per heavy atom. The molecule has 0 radical (unpaired) electrons. The number of nitrogens with zero attached hydrogens (tertiary/aromatic N) is 4. The zero-order valence-electron chi connectivity index (χ0n) is 10.5. The van der Waals surface area contributed by atoms with E-state index < -0.39 is 11.9 Å². The minimum Gasteiger partial charge on any atom is -0.481 e. The molecule has 1 N–H and O–H groups in total. The van der Waals surface area contributed by atoms with Gasteiger partial charge in [0.15, 0.2) is 5.82 Å². The number of likely N-dealkylation sites (tertiary alicyclic amines) is 1. The van der Waals surface area contributed by atoms with Gasteiger partial charge in [-0.25, -0.2) is 9.67 Å². The molecule has 2 aliphatic heterocycles. The molecule has 1 aromatic heterocycles. The van der Waals surface area contributed by atoms with Gasteiger partial charge in [0, 0.05) is 6.54 Å². The molecule has 0 bridgehead atoms. The van der Waals surface area contributed by atoms with Crippen molar-refractivity contribution in [3.63, 3.8) is 0 Å². The Bertz CT molecular complexity index is 471. The summed E-state index contributed by atoms with van der Waals surface area (Å²) in [5, 5.41) is 13.7. The number of rotatable bonds is 2. The van der Waals surface area contributed by atoms with E-state index in [1.165, 1.54) is 0 Å². The fourth-order valence-electron chi connectivity index (χ4n) is 2.98. The number of aromatic nitrogens is 3. The fourth-order valence-corrected chi connectivity index (χ4v) is 2.98. The quantitative estimate of drug-likeness (QED) is 0.848. The summed E-state index contributed by atoms with van der Waals surface area (Å²) in [6, 6.07) is 0.262. The van der Waals surface area contributed by atoms with Gasteiger partial charge >= 0.3 is 5.97 Å². The van der Waals surface area contributed by atoms with Crippen molar-refractivity contribution in [2.24, 2.45) is 0 Å². The molecule has 18 heavy (non-hydrogen) atoms. The molecule has 2 unspecified atom stereocenters. The molecule has 6 heteroatoms. The van der Waals surface area contributed by atoms with E-state index in [0.29, 0.717) is 12.2 Å². The van der Waals surface area contributed by atoms with Crippen molar-refractivity contribution in [1.82, 2.24) is 19.7 Å². The standard InChI is InChI=1S/C12H18N4O2/c1-15-6-3-5-9(15)10-13-11-8(12(17)18)4-2-7-16(11)14-10/h8-9H,2-7H2,1H3,(H,17,18). The Labute approximate surface area is 106 Å². The Morgan fingerprint density at radius 3 is 2.78 bits per heavy atom. The average Bonchev–Trinajstić information content (AvgIpc) is 2.92. The van der Waals surface area contributed by atoms with Crippen LogP contribution in [-0.4, -0.2) is 44.3 Å². The lowest BCUT2D eigenvalue weighted by molar-refractivity contribution is -0.139. The molecule has 1 aromatic rings. The summed E-state index contributed by atoms with van der Waals surface area (Å²) in [7, 11) is 2.08. The van der Waals surface area contributed by atoms with Crippen LogP contribution in [0, 0.1) is 0 Å². The van der Waals surface area contributed by atoms with Gasteiger partial charge in [0.25, 0.3) is 0 Å². The summed E-state index contributed by atoms with van der Waals surface area (Å²) in [6.07, 6.45) is 3.77. The Hall–Kier alpha value is -1.43. The van der Waals surface area contributed by atoms with Crippen molar-refractivity contribution in [1.29, 1.82) is 0 Å². The lowest BCUT2D eigenvalue weighted by Crippen LogP contribution is -2.22. The fraction of sp³-hybridized carbons (Fsp3) is 0.750. The van der Waals surface area contributed by atoms with Crippen LogP contribution in [0.25, 0.3) is 0 Å². The van der Waals surface area contributed by atoms with Gasteiger partial charge in [-0.1, -0.05) is 0 Å². The molecule has 0 aromatic carbocycles. The first-order chi connectivity index (χ1) is 8.66. The summed E-state index contributed by atoms with van der Waals surface area (Å²) >= 11 is 0. The first-order valence-corrected chi connectivity index (χ1v) is 6.54. The third-order valence-electron chi connectivity index (χ3n) is 4.01. The molecule has 0 spiro atoms. The number of hydrogen-bond donors (Lipinski definition) is 1. The molecule has 98 valence electrons. The Balaban J connectivity index is 1.93. The van der Waals surface area contributed by atoms with Crippen LogP contribution in [0.15, 0.2) is 0 Å². The molecular weight excluding hydrogens is 232 g/mol. The minimum absolute atomic E-state index is 0.262. The number of aryl methyl sites for hydroxylation is 1. The summed E-state index contributed by atoms with van der Waals surface area (Å²) in [6.45, 7) is 1.86. The number of carboxylic acid groups (broad SMARTS) is 1. The lowest BCUT2D eigenvalue weighted by atomic mass is 10.00. The second-order valence-corrected chi connectivity index (χ2v) is 5.22. The van der Waals surface area contributed by atoms with Crippen LogP contribution in [0.1, 0.15) is 49.3 Å². The highest BCUT2D eigenvalue weighted by Gasteiger charge is 2.33. The number of hydrogen-bond acceptors (Lipinski definition) is 4. The van der Waals surface area contributed by atoms with Crippen LogP contribution in [0.2, 0.25) is 0 Å². The van der Waals surface area contributed by atoms with E-state index in [1.807, 2.05) is 0 Å². The van der Waals surface area contributed by atoms with Crippen LogP contribution in [0.5, 0.6) is 0 Å². The first kappa shape index (κ1) is 11.6. The van der Waals surface area contributed by atoms with Gasteiger partial charge in [0.1, 0.15) is 11.7 Å². The summed E-state index contributed by atoms with van der Waals surface area (Å²) < 4.78 is 1.80. The monoisotopic (exact) mass is 250 g/mol. The van der Waals surface area contributed by atoms with Crippen LogP contribution in [0.3, 0.4) is 0 Å². The van der Waals surface area contributed by atoms with Gasteiger partial charge in [0.2, 0.25) is 0 Å². The maximum atomic E-state index is 11.2. The second kappa shape index (κ2) is 4.35. The van der Waals surface area contributed by atoms with E-state index >= 15 is 0 Å². The van der Waals surface area contributed by atoms with Crippen molar-refractivity contribution in [2.45, 2.75) is 44.2 Å². The number of aliphatic carboxylic acids is 1. The highest BCUT2D eigenvalue weighted by atomic mass is 16.4. The predicted molar refractivity (Wildman–Crippen MR) is 64.2 cm³/mol. The van der Waals surface area contributed by atoms with E-state index in [-0.39, 0.29) is 6.04 Å². The van der Waals surface area contributed by atoms with E-state index in [4.69, 9.17) is 0 Å². The van der Waals surface area contributed by atoms with Gasteiger partial charge in [0.05, 0.1) is 6.04 Å². The third-order valence-corrected chi connectivity index (χ3v) is 4.01. The van der Waals surface area contributed by atoms with Gasteiger partial charge in [-0.2, -0.15) is 5.10 Å². The van der Waals surface area contributed by atoms with Gasteiger partial charge in [-0.05, 0) is 39.3 Å². The Morgan fingerprint density at radius 2 is 2.11 bits per heavy atom. The predicted octanol–water partition coefficient (Wildman–Crippen LogP) is 1.01. The molecule has 1 saturated heterocycles. The molecule has 3 rings (SSSR count). The average molecular weight is 250 g/mol. The van der Waals surface area contributed by atoms with Crippen molar-refractivity contribution in [2.75, 3.05) is 13.6 Å².